The molecule has 6 nitrogen and oxygen atoms in total. The van der Waals surface area contributed by atoms with Gasteiger partial charge in [-0.15, -0.1) is 0 Å². The zero-order valence-electron chi connectivity index (χ0n) is 17.4. The van der Waals surface area contributed by atoms with Gasteiger partial charge in [0.2, 0.25) is 0 Å². The molecular weight excluding hydrogens is 394 g/mol. The van der Waals surface area contributed by atoms with Crippen molar-refractivity contribution in [2.45, 2.75) is 13.0 Å². The van der Waals surface area contributed by atoms with Crippen molar-refractivity contribution in [3.05, 3.63) is 84.1 Å². The zero-order valence-corrected chi connectivity index (χ0v) is 17.4. The second-order valence-electron chi connectivity index (χ2n) is 7.14. The van der Waals surface area contributed by atoms with Crippen molar-refractivity contribution >= 4 is 16.9 Å². The normalized spacial score (nSPS) is 10.8. The van der Waals surface area contributed by atoms with Crippen LogP contribution in [0.3, 0.4) is 0 Å². The number of aromatic nitrogens is 1. The Morgan fingerprint density at radius 1 is 0.903 bits per heavy atom. The van der Waals surface area contributed by atoms with E-state index in [0.717, 1.165) is 22.0 Å². The molecule has 31 heavy (non-hydrogen) atoms. The van der Waals surface area contributed by atoms with E-state index >= 15 is 0 Å². The lowest BCUT2D eigenvalue weighted by Gasteiger charge is -2.12. The Hall–Kier alpha value is -3.93. The Bertz CT molecular complexity index is 1230. The highest BCUT2D eigenvalue weighted by molar-refractivity contribution is 5.87. The van der Waals surface area contributed by atoms with Crippen LogP contribution in [0.2, 0.25) is 0 Å². The number of ether oxygens (including phenoxy) is 3. The van der Waals surface area contributed by atoms with E-state index in [1.807, 2.05) is 60.8 Å². The standard InChI is InChI=1S/C25H23NO5/c1-29-23-11-10-20(14-24(23)30-2)31-19-7-5-6-17(12-19)15-26-16-18(13-25(27)28)21-8-3-4-9-22(21)26/h3-12,14,16H,13,15H2,1-2H3,(H,27,28). The molecule has 1 N–H and O–H groups in total. The second kappa shape index (κ2) is 8.83. The van der Waals surface area contributed by atoms with Gasteiger partial charge >= 0.3 is 5.97 Å². The number of rotatable bonds is 8. The van der Waals surface area contributed by atoms with Crippen LogP contribution >= 0.6 is 0 Å². The summed E-state index contributed by atoms with van der Waals surface area (Å²) in [7, 11) is 3.18. The highest BCUT2D eigenvalue weighted by atomic mass is 16.5. The lowest BCUT2D eigenvalue weighted by atomic mass is 10.1. The number of carboxylic acid groups (broad SMARTS) is 1. The van der Waals surface area contributed by atoms with Crippen molar-refractivity contribution in [1.29, 1.82) is 0 Å². The lowest BCUT2D eigenvalue weighted by Crippen LogP contribution is -2.00. The first-order valence-corrected chi connectivity index (χ1v) is 9.84. The summed E-state index contributed by atoms with van der Waals surface area (Å²) in [5.41, 5.74) is 2.85. The van der Waals surface area contributed by atoms with Gasteiger partial charge in [0.05, 0.1) is 20.6 Å². The van der Waals surface area contributed by atoms with Crippen molar-refractivity contribution in [1.82, 2.24) is 4.57 Å². The van der Waals surface area contributed by atoms with Gasteiger partial charge in [-0.25, -0.2) is 0 Å². The highest BCUT2D eigenvalue weighted by Gasteiger charge is 2.12. The number of benzene rings is 3. The van der Waals surface area contributed by atoms with Crippen LogP contribution < -0.4 is 14.2 Å². The number of methoxy groups -OCH3 is 2. The van der Waals surface area contributed by atoms with Crippen LogP contribution in [0.15, 0.2) is 72.9 Å². The van der Waals surface area contributed by atoms with Crippen LogP contribution in [0.25, 0.3) is 10.9 Å². The molecule has 1 aromatic heterocycles. The number of carboxylic acids is 1. The van der Waals surface area contributed by atoms with Gasteiger partial charge in [-0.1, -0.05) is 30.3 Å². The van der Waals surface area contributed by atoms with E-state index in [1.165, 1.54) is 0 Å². The smallest absolute Gasteiger partial charge is 0.307 e. The summed E-state index contributed by atoms with van der Waals surface area (Å²) in [6.07, 6.45) is 1.91. The lowest BCUT2D eigenvalue weighted by molar-refractivity contribution is -0.136. The largest absolute Gasteiger partial charge is 0.493 e. The number of aliphatic carboxylic acids is 1. The number of carbonyl (C=O) groups is 1. The predicted molar refractivity (Wildman–Crippen MR) is 118 cm³/mol. The fourth-order valence-corrected chi connectivity index (χ4v) is 3.68. The average Bonchev–Trinajstić information content (AvgIpc) is 3.10. The fraction of sp³-hybridized carbons (Fsp3) is 0.160. The molecule has 1 heterocycles. The van der Waals surface area contributed by atoms with Gasteiger partial charge in [0.15, 0.2) is 11.5 Å². The van der Waals surface area contributed by atoms with Gasteiger partial charge in [0.25, 0.3) is 0 Å². The topological polar surface area (TPSA) is 69.9 Å². The molecule has 0 bridgehead atoms. The molecule has 0 atom stereocenters. The minimum atomic E-state index is -0.840. The van der Waals surface area contributed by atoms with E-state index in [4.69, 9.17) is 14.2 Å². The molecule has 4 rings (SSSR count). The average molecular weight is 417 g/mol. The van der Waals surface area contributed by atoms with Crippen molar-refractivity contribution in [2.75, 3.05) is 14.2 Å². The molecule has 0 saturated carbocycles. The highest BCUT2D eigenvalue weighted by Crippen LogP contribution is 2.33. The monoisotopic (exact) mass is 417 g/mol. The van der Waals surface area contributed by atoms with E-state index in [9.17, 15) is 9.90 Å². The van der Waals surface area contributed by atoms with E-state index in [0.29, 0.717) is 29.5 Å². The Morgan fingerprint density at radius 2 is 1.68 bits per heavy atom. The molecule has 0 fully saturated rings. The van der Waals surface area contributed by atoms with Crippen LogP contribution in [0.1, 0.15) is 11.1 Å². The molecule has 0 amide bonds. The molecule has 0 aliphatic heterocycles. The quantitative estimate of drug-likeness (QED) is 0.431. The van der Waals surface area contributed by atoms with Crippen molar-refractivity contribution in [2.24, 2.45) is 0 Å². The van der Waals surface area contributed by atoms with Crippen molar-refractivity contribution in [3.63, 3.8) is 0 Å². The Balaban J connectivity index is 1.59. The molecule has 3 aromatic carbocycles. The summed E-state index contributed by atoms with van der Waals surface area (Å²) >= 11 is 0. The number of fused-ring (bicyclic) bond motifs is 1. The summed E-state index contributed by atoms with van der Waals surface area (Å²) in [6.45, 7) is 0.600. The van der Waals surface area contributed by atoms with Gasteiger partial charge < -0.3 is 23.9 Å². The van der Waals surface area contributed by atoms with Crippen LogP contribution in [0.5, 0.6) is 23.0 Å². The first-order valence-electron chi connectivity index (χ1n) is 9.84. The molecule has 158 valence electrons. The van der Waals surface area contributed by atoms with E-state index in [2.05, 4.69) is 4.57 Å². The number of nitrogens with zero attached hydrogens (tertiary/aromatic N) is 1. The zero-order chi connectivity index (χ0) is 21.8. The van der Waals surface area contributed by atoms with Crippen LogP contribution in [0.4, 0.5) is 0 Å². The van der Waals surface area contributed by atoms with Gasteiger partial charge in [-0.05, 0) is 41.5 Å². The maximum atomic E-state index is 11.2. The van der Waals surface area contributed by atoms with Crippen LogP contribution in [-0.2, 0) is 17.8 Å². The maximum absolute atomic E-state index is 11.2. The molecule has 0 aliphatic rings. The summed E-state index contributed by atoms with van der Waals surface area (Å²) in [6, 6.07) is 21.1. The second-order valence-corrected chi connectivity index (χ2v) is 7.14. The summed E-state index contributed by atoms with van der Waals surface area (Å²) in [5, 5.41) is 10.2. The molecule has 0 spiro atoms. The minimum Gasteiger partial charge on any atom is -0.493 e. The first-order chi connectivity index (χ1) is 15.1. The summed E-state index contributed by atoms with van der Waals surface area (Å²) in [4.78, 5) is 11.2. The van der Waals surface area contributed by atoms with Gasteiger partial charge in [-0.2, -0.15) is 0 Å². The Morgan fingerprint density at radius 3 is 2.45 bits per heavy atom. The molecule has 0 unspecified atom stereocenters. The molecular formula is C25H23NO5. The van der Waals surface area contributed by atoms with Crippen molar-refractivity contribution in [3.8, 4) is 23.0 Å². The third-order valence-electron chi connectivity index (χ3n) is 5.05. The molecule has 0 aliphatic carbocycles. The van der Waals surface area contributed by atoms with E-state index in [-0.39, 0.29) is 6.42 Å². The number of para-hydroxylation sites is 1. The van der Waals surface area contributed by atoms with E-state index < -0.39 is 5.97 Å². The third kappa shape index (κ3) is 4.48. The number of hydrogen-bond acceptors (Lipinski definition) is 4. The number of hydrogen-bond donors (Lipinski definition) is 1. The fourth-order valence-electron chi connectivity index (χ4n) is 3.68. The first kappa shape index (κ1) is 20.3. The van der Waals surface area contributed by atoms with Crippen LogP contribution in [-0.4, -0.2) is 29.9 Å². The molecule has 6 heteroatoms. The molecule has 4 aromatic rings. The predicted octanol–water partition coefficient (Wildman–Crippen LogP) is 5.13. The maximum Gasteiger partial charge on any atom is 0.307 e. The van der Waals surface area contributed by atoms with Gasteiger partial charge in [0, 0.05) is 29.7 Å². The molecule has 0 radical (unpaired) electrons. The van der Waals surface area contributed by atoms with E-state index in [1.54, 1.807) is 26.4 Å². The Kier molecular flexibility index (Phi) is 5.80. The Labute approximate surface area is 180 Å². The van der Waals surface area contributed by atoms with Gasteiger partial charge in [0.1, 0.15) is 11.5 Å². The summed E-state index contributed by atoms with van der Waals surface area (Å²) in [5.74, 6) is 1.74. The molecule has 0 saturated heterocycles. The van der Waals surface area contributed by atoms with Gasteiger partial charge in [-0.3, -0.25) is 4.79 Å². The minimum absolute atomic E-state index is 0.00400. The SMILES string of the molecule is COc1ccc(Oc2cccc(Cn3cc(CC(=O)O)c4ccccc43)c2)cc1OC. The summed E-state index contributed by atoms with van der Waals surface area (Å²) < 4.78 is 18.7. The van der Waals surface area contributed by atoms with Crippen molar-refractivity contribution < 1.29 is 24.1 Å². The van der Waals surface area contributed by atoms with Crippen LogP contribution in [0, 0.1) is 0 Å². The third-order valence-corrected chi connectivity index (χ3v) is 5.05.